The minimum atomic E-state index is -4.23. The van der Waals surface area contributed by atoms with Crippen LogP contribution in [0.2, 0.25) is 0 Å². The Balaban J connectivity index is 1.93. The van der Waals surface area contributed by atoms with Crippen LogP contribution in [-0.2, 0) is 27.9 Å². The number of carbonyl (C=O) groups is 1. The average molecular weight is 377 g/mol. The third-order valence-corrected chi connectivity index (χ3v) is 5.91. The highest BCUT2D eigenvalue weighted by atomic mass is 31.2. The van der Waals surface area contributed by atoms with Crippen molar-refractivity contribution in [2.24, 2.45) is 5.73 Å². The van der Waals surface area contributed by atoms with Crippen LogP contribution in [0.1, 0.15) is 26.7 Å². The van der Waals surface area contributed by atoms with Gasteiger partial charge in [0, 0.05) is 25.3 Å². The van der Waals surface area contributed by atoms with Gasteiger partial charge in [-0.15, -0.1) is 0 Å². The van der Waals surface area contributed by atoms with Crippen molar-refractivity contribution in [3.05, 3.63) is 11.8 Å². The van der Waals surface area contributed by atoms with Crippen LogP contribution in [0, 0.1) is 0 Å². The molecule has 6 atom stereocenters. The summed E-state index contributed by atoms with van der Waals surface area (Å²) in [4.78, 5) is 23.1. The Morgan fingerprint density at radius 2 is 2.32 bits per heavy atom. The molecule has 0 aromatic carbocycles. The Kier molecular flexibility index (Phi) is 4.97. The lowest BCUT2D eigenvalue weighted by molar-refractivity contribution is -0.135. The molecule has 0 saturated carbocycles. The summed E-state index contributed by atoms with van der Waals surface area (Å²) in [6.45, 7) is 4.00. The molecule has 3 aliphatic rings. The molecule has 11 heteroatoms. The van der Waals surface area contributed by atoms with Gasteiger partial charge in [0.05, 0.1) is 6.61 Å². The minimum absolute atomic E-state index is 0.261. The van der Waals surface area contributed by atoms with Crippen LogP contribution in [0.15, 0.2) is 11.8 Å². The van der Waals surface area contributed by atoms with Crippen molar-refractivity contribution in [1.29, 1.82) is 0 Å². The molecular formula is C14H24N3O7P. The number of hydrogen-bond acceptors (Lipinski definition) is 8. The number of carbonyl (C=O) groups excluding carboxylic acids is 1. The highest BCUT2D eigenvalue weighted by molar-refractivity contribution is 7.47. The fraction of sp³-hybridized carbons (Fsp3) is 0.786. The zero-order valence-electron chi connectivity index (χ0n) is 14.4. The molecule has 3 rings (SSSR count). The lowest BCUT2D eigenvalue weighted by Crippen LogP contribution is -2.61. The lowest BCUT2D eigenvalue weighted by atomic mass is 9.87. The maximum absolute atomic E-state index is 12.0. The van der Waals surface area contributed by atoms with Crippen molar-refractivity contribution < 1.29 is 32.8 Å². The number of phosphoric ester groups is 1. The van der Waals surface area contributed by atoms with Crippen LogP contribution in [0.5, 0.6) is 0 Å². The first-order valence-corrected chi connectivity index (χ1v) is 9.61. The van der Waals surface area contributed by atoms with E-state index in [4.69, 9.17) is 19.7 Å². The summed E-state index contributed by atoms with van der Waals surface area (Å²) in [5.41, 5.74) is 5.70. The van der Waals surface area contributed by atoms with Crippen LogP contribution in [0.25, 0.3) is 0 Å². The number of hydrogen-bond donors (Lipinski definition) is 3. The molecule has 1 amide bonds. The van der Waals surface area contributed by atoms with Gasteiger partial charge in [-0.25, -0.2) is 4.57 Å². The Morgan fingerprint density at radius 1 is 1.60 bits per heavy atom. The summed E-state index contributed by atoms with van der Waals surface area (Å²) in [5, 5.41) is 2.63. The number of amides is 1. The van der Waals surface area contributed by atoms with E-state index < -0.39 is 38.1 Å². The molecule has 2 fully saturated rings. The first-order chi connectivity index (χ1) is 11.7. The molecule has 0 aromatic heterocycles. The number of ether oxygens (including phenoxy) is 2. The summed E-state index contributed by atoms with van der Waals surface area (Å²) in [5.74, 6) is -0.261. The molecule has 3 aliphatic heterocycles. The molecule has 0 aromatic rings. The number of nitrogens with zero attached hydrogens (tertiary/aromatic N) is 1. The summed E-state index contributed by atoms with van der Waals surface area (Å²) in [6, 6.07) is 0. The minimum Gasteiger partial charge on any atom is -0.371 e. The maximum atomic E-state index is 12.0. The fourth-order valence-electron chi connectivity index (χ4n) is 3.51. The number of phosphoric acid groups is 1. The number of rotatable bonds is 5. The Labute approximate surface area is 145 Å². The van der Waals surface area contributed by atoms with E-state index in [-0.39, 0.29) is 5.91 Å². The molecule has 25 heavy (non-hydrogen) atoms. The molecule has 142 valence electrons. The van der Waals surface area contributed by atoms with Crippen molar-refractivity contribution in [3.63, 3.8) is 0 Å². The van der Waals surface area contributed by atoms with Gasteiger partial charge in [-0.2, -0.15) is 0 Å². The van der Waals surface area contributed by atoms with Gasteiger partial charge in [-0.1, -0.05) is 6.92 Å². The maximum Gasteiger partial charge on any atom is 0.472 e. The molecule has 0 radical (unpaired) electrons. The summed E-state index contributed by atoms with van der Waals surface area (Å²) in [7, 11) is -3.13. The largest absolute Gasteiger partial charge is 0.472 e. The van der Waals surface area contributed by atoms with E-state index in [0.29, 0.717) is 25.0 Å². The van der Waals surface area contributed by atoms with Gasteiger partial charge in [0.25, 0.3) is 5.91 Å². The van der Waals surface area contributed by atoms with Crippen LogP contribution in [-0.4, -0.2) is 59.7 Å². The topological polar surface area (TPSA) is 133 Å². The average Bonchev–Trinajstić information content (AvgIpc) is 2.73. The van der Waals surface area contributed by atoms with Crippen molar-refractivity contribution in [1.82, 2.24) is 10.2 Å². The SMILES string of the molecule is CC[C@@]12CCO[C@@H](C1OP(=O)(O)OC)[C@H](N1C=C(C)C(=O)NC1N)O2. The molecule has 4 N–H and O–H groups in total. The van der Waals surface area contributed by atoms with Gasteiger partial charge < -0.3 is 24.6 Å². The molecular weight excluding hydrogens is 353 g/mol. The summed E-state index contributed by atoms with van der Waals surface area (Å²) >= 11 is 0. The van der Waals surface area contributed by atoms with Crippen molar-refractivity contribution >= 4 is 13.7 Å². The van der Waals surface area contributed by atoms with Crippen LogP contribution < -0.4 is 11.1 Å². The van der Waals surface area contributed by atoms with E-state index in [1.807, 2.05) is 6.92 Å². The molecule has 3 unspecified atom stereocenters. The highest BCUT2D eigenvalue weighted by Gasteiger charge is 2.61. The van der Waals surface area contributed by atoms with Crippen LogP contribution in [0.4, 0.5) is 0 Å². The Hall–Kier alpha value is -1.00. The number of nitrogens with one attached hydrogen (secondary N) is 1. The van der Waals surface area contributed by atoms with Gasteiger partial charge in [0.15, 0.2) is 12.5 Å². The van der Waals surface area contributed by atoms with E-state index in [2.05, 4.69) is 9.84 Å². The lowest BCUT2D eigenvalue weighted by Gasteiger charge is -2.38. The molecule has 0 spiro atoms. The van der Waals surface area contributed by atoms with Gasteiger partial charge in [0.1, 0.15) is 17.8 Å². The van der Waals surface area contributed by atoms with Gasteiger partial charge >= 0.3 is 7.82 Å². The summed E-state index contributed by atoms with van der Waals surface area (Å²) < 4.78 is 33.9. The smallest absolute Gasteiger partial charge is 0.371 e. The molecule has 10 nitrogen and oxygen atoms in total. The fourth-order valence-corrected chi connectivity index (χ4v) is 4.20. The van der Waals surface area contributed by atoms with Crippen molar-refractivity contribution in [2.45, 2.75) is 57.0 Å². The Bertz CT molecular complexity index is 630. The van der Waals surface area contributed by atoms with Crippen LogP contribution in [0.3, 0.4) is 0 Å². The first kappa shape index (κ1) is 18.8. The van der Waals surface area contributed by atoms with Gasteiger partial charge in [-0.3, -0.25) is 19.6 Å². The van der Waals surface area contributed by atoms with Crippen molar-refractivity contribution in [2.75, 3.05) is 13.7 Å². The molecule has 2 bridgehead atoms. The standard InChI is InChI=1S/C14H24N3O7P/c1-4-14-5-6-22-9(10(14)24-25(19,20)21-3)12(23-14)17-7-8(2)11(18)16-13(17)15/h7,9-10,12-13H,4-6,15H2,1-3H3,(H,16,18)(H,19,20)/t9-,10?,12+,13?,14+/m0/s1. The number of nitrogens with two attached hydrogens (primary N) is 1. The van der Waals surface area contributed by atoms with E-state index >= 15 is 0 Å². The Morgan fingerprint density at radius 3 is 2.96 bits per heavy atom. The van der Waals surface area contributed by atoms with E-state index in [0.717, 1.165) is 7.11 Å². The quantitative estimate of drug-likeness (QED) is 0.566. The number of fused-ring (bicyclic) bond motifs is 2. The molecule has 2 saturated heterocycles. The monoisotopic (exact) mass is 377 g/mol. The second-order valence-corrected chi connectivity index (χ2v) is 7.88. The normalized spacial score (nSPS) is 40.4. The molecule has 0 aliphatic carbocycles. The van der Waals surface area contributed by atoms with Crippen LogP contribution >= 0.6 is 7.82 Å². The third-order valence-electron chi connectivity index (χ3n) is 4.96. The second-order valence-electron chi connectivity index (χ2n) is 6.37. The van der Waals surface area contributed by atoms with E-state index in [9.17, 15) is 14.3 Å². The predicted molar refractivity (Wildman–Crippen MR) is 85.7 cm³/mol. The molecule has 3 heterocycles. The highest BCUT2D eigenvalue weighted by Crippen LogP contribution is 2.53. The summed E-state index contributed by atoms with van der Waals surface area (Å²) in [6.07, 6.45) is -0.274. The zero-order chi connectivity index (χ0) is 18.4. The predicted octanol–water partition coefficient (Wildman–Crippen LogP) is -0.00970. The van der Waals surface area contributed by atoms with Gasteiger partial charge in [-0.05, 0) is 13.3 Å². The van der Waals surface area contributed by atoms with E-state index in [1.54, 1.807) is 18.0 Å². The zero-order valence-corrected chi connectivity index (χ0v) is 15.3. The van der Waals surface area contributed by atoms with E-state index in [1.165, 1.54) is 0 Å². The second kappa shape index (κ2) is 6.62. The first-order valence-electron chi connectivity index (χ1n) is 8.11. The van der Waals surface area contributed by atoms with Crippen molar-refractivity contribution in [3.8, 4) is 0 Å². The third kappa shape index (κ3) is 3.23. The van der Waals surface area contributed by atoms with Gasteiger partial charge in [0.2, 0.25) is 0 Å².